The molecule has 0 bridgehead atoms. The van der Waals surface area contributed by atoms with Gasteiger partial charge in [0.15, 0.2) is 22.7 Å². The standard InChI is InChI=1S/C49H47ClN8O4/c1-48(2,3)62-47(59)55-43-37-18-12-11-17-35(37)29-49(43)24-27-57(28-25-49)39-30-52-42-45(53-39)58(31-32-19-21-36(60-4)22-20-32)56-46(42)61-38-23-26-51-44(40(38)50)54-41(33-13-7-5-8-14-33)34-15-9-6-10-16-34/h5-23,26,30,43H,24-25,27-29,31H2,1-4H3,(H,55,59). The lowest BCUT2D eigenvalue weighted by Crippen LogP contribution is -2.48. The van der Waals surface area contributed by atoms with E-state index in [2.05, 4.69) is 33.4 Å². The van der Waals surface area contributed by atoms with E-state index in [-0.39, 0.29) is 22.4 Å². The minimum absolute atomic E-state index is 0.163. The summed E-state index contributed by atoms with van der Waals surface area (Å²) in [7, 11) is 1.65. The number of aliphatic imine (C=N–C) groups is 1. The van der Waals surface area contributed by atoms with Crippen LogP contribution in [0.4, 0.5) is 16.4 Å². The van der Waals surface area contributed by atoms with Crippen molar-refractivity contribution < 1.29 is 19.0 Å². The van der Waals surface area contributed by atoms with Gasteiger partial charge in [0.1, 0.15) is 22.2 Å². The van der Waals surface area contributed by atoms with Crippen molar-refractivity contribution in [3.05, 3.63) is 160 Å². The third-order valence-electron chi connectivity index (χ3n) is 11.5. The number of fused-ring (bicyclic) bond motifs is 2. The predicted octanol–water partition coefficient (Wildman–Crippen LogP) is 10.3. The van der Waals surface area contributed by atoms with Crippen LogP contribution in [-0.2, 0) is 17.7 Å². The van der Waals surface area contributed by atoms with E-state index in [4.69, 9.17) is 45.9 Å². The van der Waals surface area contributed by atoms with Gasteiger partial charge in [-0.15, -0.1) is 5.10 Å². The van der Waals surface area contributed by atoms with Gasteiger partial charge in [-0.05, 0) is 68.9 Å². The Balaban J connectivity index is 1.02. The number of halogens is 1. The van der Waals surface area contributed by atoms with Crippen molar-refractivity contribution in [2.24, 2.45) is 10.4 Å². The maximum Gasteiger partial charge on any atom is 0.408 e. The van der Waals surface area contributed by atoms with Crippen molar-refractivity contribution in [1.29, 1.82) is 0 Å². The lowest BCUT2D eigenvalue weighted by atomic mass is 9.72. The van der Waals surface area contributed by atoms with E-state index in [9.17, 15) is 4.79 Å². The summed E-state index contributed by atoms with van der Waals surface area (Å²) >= 11 is 7.05. The van der Waals surface area contributed by atoms with Crippen molar-refractivity contribution in [3.63, 3.8) is 0 Å². The molecule has 314 valence electrons. The highest BCUT2D eigenvalue weighted by molar-refractivity contribution is 6.34. The first-order chi connectivity index (χ1) is 30.1. The van der Waals surface area contributed by atoms with Gasteiger partial charge in [-0.3, -0.25) is 0 Å². The first kappa shape index (κ1) is 40.6. The number of ether oxygens (including phenoxy) is 3. The number of carbonyl (C=O) groups is 1. The number of benzene rings is 4. The SMILES string of the molecule is COc1ccc(Cn2nc(Oc3ccnc(N=C(c4ccccc4)c4ccccc4)c3Cl)c3ncc(N4CCC5(CC4)Cc4ccccc4C5NC(=O)OC(C)(C)C)nc32)cc1. The number of rotatable bonds is 10. The van der Waals surface area contributed by atoms with Crippen LogP contribution in [-0.4, -0.2) is 62.3 Å². The molecule has 1 saturated heterocycles. The molecule has 1 atom stereocenters. The number of anilines is 1. The van der Waals surface area contributed by atoms with Crippen molar-refractivity contribution in [3.8, 4) is 17.4 Å². The fourth-order valence-corrected chi connectivity index (χ4v) is 8.69. The van der Waals surface area contributed by atoms with E-state index < -0.39 is 11.7 Å². The average molecular weight is 847 g/mol. The number of alkyl carbamates (subject to hydrolysis) is 1. The van der Waals surface area contributed by atoms with Crippen molar-refractivity contribution in [2.75, 3.05) is 25.1 Å². The van der Waals surface area contributed by atoms with Gasteiger partial charge in [0.05, 0.1) is 31.6 Å². The predicted molar refractivity (Wildman–Crippen MR) is 241 cm³/mol. The molecule has 1 aliphatic carbocycles. The average Bonchev–Trinajstić information content (AvgIpc) is 3.77. The maximum absolute atomic E-state index is 13.2. The van der Waals surface area contributed by atoms with Crippen LogP contribution >= 0.6 is 11.6 Å². The third-order valence-corrected chi connectivity index (χ3v) is 11.9. The highest BCUT2D eigenvalue weighted by atomic mass is 35.5. The molecule has 2 aliphatic rings. The zero-order valence-electron chi connectivity index (χ0n) is 35.1. The number of methoxy groups -OCH3 is 1. The Kier molecular flexibility index (Phi) is 11.1. The highest BCUT2D eigenvalue weighted by Crippen LogP contribution is 2.52. The summed E-state index contributed by atoms with van der Waals surface area (Å²) in [6.07, 6.45) is 5.55. The van der Waals surface area contributed by atoms with Gasteiger partial charge < -0.3 is 24.4 Å². The van der Waals surface area contributed by atoms with E-state index in [1.54, 1.807) is 30.3 Å². The summed E-state index contributed by atoms with van der Waals surface area (Å²) in [4.78, 5) is 35.1. The van der Waals surface area contributed by atoms with Crippen LogP contribution in [0.25, 0.3) is 11.2 Å². The van der Waals surface area contributed by atoms with Crippen LogP contribution in [0.3, 0.4) is 0 Å². The number of aromatic nitrogens is 5. The molecule has 9 rings (SSSR count). The number of amides is 1. The summed E-state index contributed by atoms with van der Waals surface area (Å²) in [6, 6.07) is 37.6. The lowest BCUT2D eigenvalue weighted by Gasteiger charge is -2.43. The maximum atomic E-state index is 13.2. The number of pyridine rings is 1. The Morgan fingerprint density at radius 1 is 0.887 bits per heavy atom. The summed E-state index contributed by atoms with van der Waals surface area (Å²) in [5.74, 6) is 2.37. The van der Waals surface area contributed by atoms with Gasteiger partial charge in [-0.2, -0.15) is 0 Å². The molecule has 0 radical (unpaired) electrons. The zero-order chi connectivity index (χ0) is 42.8. The number of nitrogens with one attached hydrogen (secondary N) is 1. The zero-order valence-corrected chi connectivity index (χ0v) is 35.8. The molecule has 7 aromatic rings. The van der Waals surface area contributed by atoms with E-state index in [0.717, 1.165) is 71.9 Å². The molecular formula is C49H47ClN8O4. The van der Waals surface area contributed by atoms with Gasteiger partial charge in [0.2, 0.25) is 0 Å². The molecule has 62 heavy (non-hydrogen) atoms. The molecular weight excluding hydrogens is 800 g/mol. The second-order valence-corrected chi connectivity index (χ2v) is 17.1. The number of carbonyl (C=O) groups excluding carboxylic acids is 1. The van der Waals surface area contributed by atoms with Gasteiger partial charge in [0, 0.05) is 41.9 Å². The summed E-state index contributed by atoms with van der Waals surface area (Å²) in [6.45, 7) is 7.50. The molecule has 1 aliphatic heterocycles. The highest BCUT2D eigenvalue weighted by Gasteiger charge is 2.49. The molecule has 1 N–H and O–H groups in total. The molecule has 1 unspecified atom stereocenters. The Hall–Kier alpha value is -6.79. The number of hydrogen-bond donors (Lipinski definition) is 1. The summed E-state index contributed by atoms with van der Waals surface area (Å²) in [5.41, 5.74) is 6.26. The molecule has 4 aromatic carbocycles. The molecule has 4 heterocycles. The Morgan fingerprint density at radius 2 is 1.56 bits per heavy atom. The number of hydrogen-bond acceptors (Lipinski definition) is 10. The van der Waals surface area contributed by atoms with Gasteiger partial charge in [-0.25, -0.2) is 29.4 Å². The second kappa shape index (κ2) is 16.9. The first-order valence-corrected chi connectivity index (χ1v) is 21.1. The summed E-state index contributed by atoms with van der Waals surface area (Å²) < 4.78 is 19.5. The monoisotopic (exact) mass is 846 g/mol. The van der Waals surface area contributed by atoms with Gasteiger partial charge >= 0.3 is 6.09 Å². The molecule has 1 spiro atoms. The quantitative estimate of drug-likeness (QED) is 0.134. The summed E-state index contributed by atoms with van der Waals surface area (Å²) in [5, 5.41) is 8.42. The third kappa shape index (κ3) is 8.42. The van der Waals surface area contributed by atoms with Crippen molar-refractivity contribution in [1.82, 2.24) is 30.0 Å². The van der Waals surface area contributed by atoms with Crippen LogP contribution in [0.2, 0.25) is 5.02 Å². The Bertz CT molecular complexity index is 2700. The topological polar surface area (TPSA) is 129 Å². The van der Waals surface area contributed by atoms with Gasteiger partial charge in [0.25, 0.3) is 5.88 Å². The van der Waals surface area contributed by atoms with Crippen LogP contribution in [0, 0.1) is 5.41 Å². The molecule has 0 saturated carbocycles. The molecule has 1 amide bonds. The van der Waals surface area contributed by atoms with Gasteiger partial charge in [-0.1, -0.05) is 109 Å². The minimum atomic E-state index is -0.599. The van der Waals surface area contributed by atoms with Crippen molar-refractivity contribution >= 4 is 46.2 Å². The van der Waals surface area contributed by atoms with Crippen LogP contribution < -0.4 is 19.7 Å². The Labute approximate surface area is 365 Å². The largest absolute Gasteiger partial charge is 0.497 e. The smallest absolute Gasteiger partial charge is 0.408 e. The normalized spacial score (nSPS) is 15.6. The van der Waals surface area contributed by atoms with E-state index in [0.29, 0.717) is 29.3 Å². The molecule has 1 fully saturated rings. The number of piperidine rings is 1. The second-order valence-electron chi connectivity index (χ2n) is 16.8. The fourth-order valence-electron chi connectivity index (χ4n) is 8.50. The molecule has 12 nitrogen and oxygen atoms in total. The van der Waals surface area contributed by atoms with Crippen LogP contribution in [0.5, 0.6) is 17.4 Å². The minimum Gasteiger partial charge on any atom is -0.497 e. The van der Waals surface area contributed by atoms with Crippen LogP contribution in [0.1, 0.15) is 67.5 Å². The van der Waals surface area contributed by atoms with E-state index in [1.807, 2.05) is 112 Å². The van der Waals surface area contributed by atoms with Crippen LogP contribution in [0.15, 0.2) is 133 Å². The first-order valence-electron chi connectivity index (χ1n) is 20.8. The van der Waals surface area contributed by atoms with E-state index in [1.165, 1.54) is 5.56 Å². The fraction of sp³-hybridized carbons (Fsp3) is 0.265. The molecule has 3 aromatic heterocycles. The molecule has 13 heteroatoms. The van der Waals surface area contributed by atoms with E-state index >= 15 is 0 Å². The van der Waals surface area contributed by atoms with Crippen molar-refractivity contribution in [2.45, 2.75) is 58.2 Å². The lowest BCUT2D eigenvalue weighted by molar-refractivity contribution is 0.0428. The Morgan fingerprint density at radius 3 is 2.24 bits per heavy atom. The number of nitrogens with zero attached hydrogens (tertiary/aromatic N) is 7.